The third-order valence-corrected chi connectivity index (χ3v) is 13.3. The van der Waals surface area contributed by atoms with Crippen molar-refractivity contribution < 1.29 is 30.6 Å². The monoisotopic (exact) mass is 1100 g/mol. The summed E-state index contributed by atoms with van der Waals surface area (Å²) in [6, 6.07) is 36.5. The molecule has 0 aliphatic rings. The Morgan fingerprint density at radius 1 is 0.652 bits per heavy atom. The van der Waals surface area contributed by atoms with E-state index in [1.807, 2.05) is 12.3 Å². The zero-order chi connectivity index (χ0) is 50.1. The van der Waals surface area contributed by atoms with E-state index in [1.54, 1.807) is 6.07 Å². The first-order valence-corrected chi connectivity index (χ1v) is 23.9. The van der Waals surface area contributed by atoms with E-state index in [0.717, 1.165) is 73.3 Å². The van der Waals surface area contributed by atoms with E-state index in [0.29, 0.717) is 11.4 Å². The Kier molecular flexibility index (Phi) is 14.5. The second-order valence-corrected chi connectivity index (χ2v) is 23.8. The number of phenolic OH excluding ortho intramolecular Hbond substituents is 1. The van der Waals surface area contributed by atoms with Gasteiger partial charge in [-0.25, -0.2) is 9.37 Å². The van der Waals surface area contributed by atoms with E-state index >= 15 is 0 Å². The first kappa shape index (κ1) is 52.8. The van der Waals surface area contributed by atoms with Crippen LogP contribution in [-0.2, 0) is 48.1 Å². The quantitative estimate of drug-likeness (QED) is 0.122. The number of aromatic nitrogens is 3. The number of phenols is 1. The van der Waals surface area contributed by atoms with E-state index < -0.39 is 5.82 Å². The maximum absolute atomic E-state index is 14.6. The van der Waals surface area contributed by atoms with Gasteiger partial charge in [0.2, 0.25) is 0 Å². The summed E-state index contributed by atoms with van der Waals surface area (Å²) in [6.45, 7) is 40.1. The van der Waals surface area contributed by atoms with Gasteiger partial charge in [0.15, 0.2) is 0 Å². The third-order valence-electron chi connectivity index (χ3n) is 13.3. The van der Waals surface area contributed by atoms with Crippen LogP contribution in [0.5, 0.6) is 5.75 Å². The molecule has 0 atom stereocenters. The summed E-state index contributed by atoms with van der Waals surface area (Å²) < 4.78 is 16.7. The summed E-state index contributed by atoms with van der Waals surface area (Å²) in [4.78, 5) is 12.6. The fraction of sp³-hybridized carbons (Fsp3) is 0.355. The predicted molar refractivity (Wildman–Crippen MR) is 287 cm³/mol. The van der Waals surface area contributed by atoms with Crippen molar-refractivity contribution >= 4 is 22.3 Å². The van der Waals surface area contributed by atoms with Gasteiger partial charge in [0.1, 0.15) is 17.4 Å². The number of hydrogen-bond acceptors (Lipinski definition) is 4. The number of fused-ring (bicyclic) bond motifs is 1. The summed E-state index contributed by atoms with van der Waals surface area (Å²) in [5.41, 5.74) is 16.1. The molecule has 1 N–H and O–H groups in total. The SMILES string of the molecule is C=C/C(=C(\C)N(C)c1cc(C(C)(C)C)cc(C(C)(C)C)c1)c1ccnc(-c2[c-]c(-c3cccc4c3nc(-c3ccc(F)cc3O)n4-c3cc(C(C)(C)C)cc(C(C)(C)C)c3)cc(C(C)(C)C)c2)c1.[Pt]. The van der Waals surface area contributed by atoms with Gasteiger partial charge in [0, 0.05) is 63.1 Å². The normalized spacial score (nSPS) is 13.0. The van der Waals surface area contributed by atoms with Crippen LogP contribution in [0.25, 0.3) is 56.1 Å². The molecule has 7 aromatic rings. The first-order chi connectivity index (χ1) is 31.4. The van der Waals surface area contributed by atoms with Crippen molar-refractivity contribution in [3.8, 4) is 45.2 Å². The summed E-state index contributed by atoms with van der Waals surface area (Å²) >= 11 is 0. The average molecular weight is 1100 g/mol. The minimum absolute atomic E-state index is 0. The Bertz CT molecular complexity index is 3040. The van der Waals surface area contributed by atoms with Gasteiger partial charge in [-0.1, -0.05) is 158 Å². The number of pyridine rings is 1. The van der Waals surface area contributed by atoms with Crippen molar-refractivity contribution in [2.24, 2.45) is 0 Å². The molecule has 0 bridgehead atoms. The van der Waals surface area contributed by atoms with Gasteiger partial charge in [0.05, 0.1) is 16.6 Å². The molecule has 5 nitrogen and oxygen atoms in total. The van der Waals surface area contributed by atoms with E-state index in [4.69, 9.17) is 9.97 Å². The molecule has 69 heavy (non-hydrogen) atoms. The Morgan fingerprint density at radius 3 is 1.70 bits per heavy atom. The number of nitrogens with zero attached hydrogens (tertiary/aromatic N) is 4. The Hall–Kier alpha value is -5.58. The van der Waals surface area contributed by atoms with Gasteiger partial charge in [-0.2, -0.15) is 0 Å². The van der Waals surface area contributed by atoms with Gasteiger partial charge in [-0.3, -0.25) is 9.55 Å². The van der Waals surface area contributed by atoms with Crippen molar-refractivity contribution in [3.05, 3.63) is 167 Å². The molecule has 0 radical (unpaired) electrons. The molecule has 7 rings (SSSR count). The zero-order valence-electron chi connectivity index (χ0n) is 44.0. The van der Waals surface area contributed by atoms with Crippen LogP contribution in [0.1, 0.15) is 144 Å². The molecular formula is C62H72FN4OPt-. The molecule has 0 fully saturated rings. The Labute approximate surface area is 426 Å². The predicted octanol–water partition coefficient (Wildman–Crippen LogP) is 16.6. The van der Waals surface area contributed by atoms with Gasteiger partial charge >= 0.3 is 0 Å². The van der Waals surface area contributed by atoms with Crippen molar-refractivity contribution in [3.63, 3.8) is 0 Å². The second kappa shape index (κ2) is 19.0. The molecule has 0 aliphatic heterocycles. The number of rotatable bonds is 8. The Morgan fingerprint density at radius 2 is 1.17 bits per heavy atom. The van der Waals surface area contributed by atoms with Crippen LogP contribution < -0.4 is 4.90 Å². The number of halogens is 1. The fourth-order valence-electron chi connectivity index (χ4n) is 8.61. The van der Waals surface area contributed by atoms with E-state index in [-0.39, 0.29) is 53.9 Å². The molecule has 5 aromatic carbocycles. The van der Waals surface area contributed by atoms with Crippen LogP contribution in [0.15, 0.2) is 122 Å². The maximum atomic E-state index is 14.6. The van der Waals surface area contributed by atoms with E-state index in [9.17, 15) is 9.50 Å². The van der Waals surface area contributed by atoms with Crippen LogP contribution in [0, 0.1) is 11.9 Å². The molecule has 0 amide bonds. The molecule has 0 spiro atoms. The van der Waals surface area contributed by atoms with Gasteiger partial charge < -0.3 is 10.0 Å². The van der Waals surface area contributed by atoms with Crippen LogP contribution in [0.2, 0.25) is 0 Å². The summed E-state index contributed by atoms with van der Waals surface area (Å²) in [7, 11) is 2.14. The summed E-state index contributed by atoms with van der Waals surface area (Å²) in [6.07, 6.45) is 3.82. The number of benzene rings is 5. The van der Waals surface area contributed by atoms with Crippen molar-refractivity contribution in [1.29, 1.82) is 0 Å². The molecule has 7 heteroatoms. The Balaban J connectivity index is 0.00000782. The smallest absolute Gasteiger partial charge is 0.148 e. The molecular weight excluding hydrogens is 1030 g/mol. The molecule has 0 saturated carbocycles. The zero-order valence-corrected chi connectivity index (χ0v) is 46.3. The summed E-state index contributed by atoms with van der Waals surface area (Å²) in [5.74, 6) is -0.180. The number of hydrogen-bond donors (Lipinski definition) is 1. The number of allylic oxidation sites excluding steroid dienone is 3. The topological polar surface area (TPSA) is 54.2 Å². The molecule has 0 aliphatic carbocycles. The maximum Gasteiger partial charge on any atom is 0.148 e. The number of imidazole rings is 1. The van der Waals surface area contributed by atoms with Crippen LogP contribution in [0.4, 0.5) is 10.1 Å². The summed E-state index contributed by atoms with van der Waals surface area (Å²) in [5, 5.41) is 11.3. The molecule has 0 saturated heterocycles. The minimum atomic E-state index is -0.517. The molecule has 2 heterocycles. The molecule has 2 aromatic heterocycles. The van der Waals surface area contributed by atoms with Crippen molar-refractivity contribution in [1.82, 2.24) is 14.5 Å². The second-order valence-electron chi connectivity index (χ2n) is 23.8. The van der Waals surface area contributed by atoms with Gasteiger partial charge in [0.25, 0.3) is 0 Å². The van der Waals surface area contributed by atoms with Crippen molar-refractivity contribution in [2.75, 3.05) is 11.9 Å². The van der Waals surface area contributed by atoms with E-state index in [1.165, 1.54) is 28.3 Å². The first-order valence-electron chi connectivity index (χ1n) is 23.9. The molecule has 0 unspecified atom stereocenters. The van der Waals surface area contributed by atoms with Crippen LogP contribution >= 0.6 is 0 Å². The standard InChI is InChI=1S/C62H72FN4O.Pt/c1-19-50(38(2)66(18)48-33-43(59(6,7)8)31-44(34-48)60(9,10)11)39-25-26-64-53(30-39)41-27-40(28-42(29-41)58(3,4)5)51-21-20-22-54-56(51)65-57(52-24-23-47(63)37-55(52)68)67(54)49-35-45(61(12,13)14)32-46(36-49)62(15,16)17;/h19-26,28-37,68H,1H2,2-18H3;/q-1;/b50-38-;. The fourth-order valence-corrected chi connectivity index (χ4v) is 8.61. The van der Waals surface area contributed by atoms with Crippen LogP contribution in [0.3, 0.4) is 0 Å². The average Bonchev–Trinajstić information content (AvgIpc) is 3.64. The number of para-hydroxylation sites is 1. The van der Waals surface area contributed by atoms with Crippen molar-refractivity contribution in [2.45, 2.75) is 138 Å². The number of anilines is 1. The minimum Gasteiger partial charge on any atom is -0.507 e. The van der Waals surface area contributed by atoms with Crippen LogP contribution in [-0.4, -0.2) is 26.7 Å². The number of aromatic hydroxyl groups is 1. The third kappa shape index (κ3) is 11.1. The van der Waals surface area contributed by atoms with Gasteiger partial charge in [-0.05, 0) is 116 Å². The van der Waals surface area contributed by atoms with E-state index in [2.05, 4.69) is 219 Å². The molecule has 364 valence electrons. The largest absolute Gasteiger partial charge is 0.507 e. The van der Waals surface area contributed by atoms with Gasteiger partial charge in [-0.15, -0.1) is 29.3 Å².